The number of rotatable bonds is 7. The Bertz CT molecular complexity index is 2960. The molecule has 56 heavy (non-hydrogen) atoms. The highest BCUT2D eigenvalue weighted by Crippen LogP contribution is 2.40. The van der Waals surface area contributed by atoms with E-state index >= 15 is 0 Å². The maximum Gasteiger partial charge on any atom is 0.160 e. The van der Waals surface area contributed by atoms with Gasteiger partial charge in [-0.1, -0.05) is 194 Å². The zero-order chi connectivity index (χ0) is 37.3. The maximum atomic E-state index is 5.27. The van der Waals surface area contributed by atoms with E-state index in [1.807, 2.05) is 24.3 Å². The van der Waals surface area contributed by atoms with Gasteiger partial charge in [0.1, 0.15) is 0 Å². The Balaban J connectivity index is 1.06. The molecule has 2 heterocycles. The van der Waals surface area contributed by atoms with Gasteiger partial charge in [-0.2, -0.15) is 0 Å². The molecule has 0 amide bonds. The molecule has 0 aliphatic carbocycles. The number of hydrogen-bond donors (Lipinski definition) is 0. The summed E-state index contributed by atoms with van der Waals surface area (Å²) in [5, 5.41) is 3.48. The molecule has 0 bridgehead atoms. The van der Waals surface area contributed by atoms with E-state index in [2.05, 4.69) is 188 Å². The van der Waals surface area contributed by atoms with Crippen LogP contribution in [0.2, 0.25) is 0 Å². The molecule has 0 aliphatic rings. The third-order valence-corrected chi connectivity index (χ3v) is 10.5. The number of nitrogens with zero attached hydrogens (tertiary/aromatic N) is 3. The molecule has 0 radical (unpaired) electrons. The summed E-state index contributed by atoms with van der Waals surface area (Å²) >= 11 is 0. The molecule has 0 aliphatic heterocycles. The molecule has 2 aromatic heterocycles. The molecule has 262 valence electrons. The van der Waals surface area contributed by atoms with E-state index in [-0.39, 0.29) is 0 Å². The van der Waals surface area contributed by atoms with Gasteiger partial charge in [-0.25, -0.2) is 15.0 Å². The van der Waals surface area contributed by atoms with Crippen LogP contribution in [0.1, 0.15) is 0 Å². The molecule has 0 saturated carbocycles. The number of fused-ring (bicyclic) bond motifs is 3. The summed E-state index contributed by atoms with van der Waals surface area (Å²) in [5.74, 6) is 0.697. The van der Waals surface area contributed by atoms with Crippen LogP contribution in [0, 0.1) is 0 Å². The normalized spacial score (nSPS) is 11.2. The second-order valence-corrected chi connectivity index (χ2v) is 14.0. The SMILES string of the molecule is c1ccc(-c2ccc(-c3nc(-c4ccccc4)cc(-c4ccc(-c5ccc6nc(-c7ccccc7)c7cccc(-c8ccccc8)c7c6c5)cc4)n3)cc2)cc1. The lowest BCUT2D eigenvalue weighted by Gasteiger charge is -2.15. The van der Waals surface area contributed by atoms with Crippen molar-refractivity contribution in [2.45, 2.75) is 0 Å². The van der Waals surface area contributed by atoms with Gasteiger partial charge in [0.2, 0.25) is 0 Å². The number of benzene rings is 8. The van der Waals surface area contributed by atoms with Gasteiger partial charge >= 0.3 is 0 Å². The minimum Gasteiger partial charge on any atom is -0.247 e. The second kappa shape index (κ2) is 14.4. The minimum absolute atomic E-state index is 0.697. The van der Waals surface area contributed by atoms with Crippen molar-refractivity contribution in [3.05, 3.63) is 212 Å². The standard InChI is InChI=1S/C53H35N3/c1-5-14-36(15-6-1)37-26-30-43(31-27-37)53-55-49(40-18-9-3-10-19-40)35-50(56-53)41-28-24-38(25-29-41)44-32-33-48-47(34-44)51-45(39-16-7-2-8-17-39)22-13-23-46(51)52(54-48)42-20-11-4-12-21-42/h1-35H. The first-order valence-electron chi connectivity index (χ1n) is 18.9. The maximum absolute atomic E-state index is 5.27. The van der Waals surface area contributed by atoms with Gasteiger partial charge in [0.15, 0.2) is 5.82 Å². The second-order valence-electron chi connectivity index (χ2n) is 14.0. The van der Waals surface area contributed by atoms with E-state index in [1.165, 1.54) is 22.1 Å². The summed E-state index contributed by atoms with van der Waals surface area (Å²) < 4.78 is 0. The average molecular weight is 714 g/mol. The van der Waals surface area contributed by atoms with Crippen LogP contribution in [0.25, 0.3) is 100 Å². The van der Waals surface area contributed by atoms with Crippen molar-refractivity contribution >= 4 is 21.7 Å². The Morgan fingerprint density at radius 3 is 1.36 bits per heavy atom. The third kappa shape index (κ3) is 6.31. The molecule has 0 fully saturated rings. The minimum atomic E-state index is 0.697. The van der Waals surface area contributed by atoms with Gasteiger partial charge in [-0.15, -0.1) is 0 Å². The Morgan fingerprint density at radius 2 is 0.732 bits per heavy atom. The molecule has 10 aromatic rings. The summed E-state index contributed by atoms with van der Waals surface area (Å²) in [6, 6.07) is 74.5. The molecule has 3 nitrogen and oxygen atoms in total. The van der Waals surface area contributed by atoms with Crippen molar-refractivity contribution in [3.8, 4) is 78.5 Å². The highest BCUT2D eigenvalue weighted by atomic mass is 14.9. The molecule has 0 unspecified atom stereocenters. The Kier molecular flexibility index (Phi) is 8.51. The monoisotopic (exact) mass is 713 g/mol. The molecule has 0 spiro atoms. The molecule has 8 aromatic carbocycles. The van der Waals surface area contributed by atoms with Crippen LogP contribution in [-0.2, 0) is 0 Å². The quantitative estimate of drug-likeness (QED) is 0.154. The molecule has 0 N–H and O–H groups in total. The Morgan fingerprint density at radius 1 is 0.268 bits per heavy atom. The predicted molar refractivity (Wildman–Crippen MR) is 233 cm³/mol. The van der Waals surface area contributed by atoms with E-state index < -0.39 is 0 Å². The van der Waals surface area contributed by atoms with Crippen molar-refractivity contribution < 1.29 is 0 Å². The van der Waals surface area contributed by atoms with Crippen LogP contribution in [-0.4, -0.2) is 15.0 Å². The summed E-state index contributed by atoms with van der Waals surface area (Å²) in [5.41, 5.74) is 14.9. The number of aromatic nitrogens is 3. The van der Waals surface area contributed by atoms with Crippen molar-refractivity contribution in [2.24, 2.45) is 0 Å². The van der Waals surface area contributed by atoms with Crippen molar-refractivity contribution in [1.29, 1.82) is 0 Å². The smallest absolute Gasteiger partial charge is 0.160 e. The predicted octanol–water partition coefficient (Wildman–Crippen LogP) is 13.8. The van der Waals surface area contributed by atoms with Crippen molar-refractivity contribution in [2.75, 3.05) is 0 Å². The summed E-state index contributed by atoms with van der Waals surface area (Å²) in [4.78, 5) is 15.5. The van der Waals surface area contributed by atoms with Crippen molar-refractivity contribution in [3.63, 3.8) is 0 Å². The molecule has 3 heteroatoms. The zero-order valence-corrected chi connectivity index (χ0v) is 30.5. The fourth-order valence-electron chi connectivity index (χ4n) is 7.66. The first-order chi connectivity index (χ1) is 27.7. The van der Waals surface area contributed by atoms with E-state index in [9.17, 15) is 0 Å². The summed E-state index contributed by atoms with van der Waals surface area (Å²) in [6.07, 6.45) is 0. The lowest BCUT2D eigenvalue weighted by atomic mass is 9.91. The molecular weight excluding hydrogens is 679 g/mol. The van der Waals surface area contributed by atoms with Crippen LogP contribution < -0.4 is 0 Å². The third-order valence-electron chi connectivity index (χ3n) is 10.5. The largest absolute Gasteiger partial charge is 0.247 e. The van der Waals surface area contributed by atoms with E-state index in [4.69, 9.17) is 15.0 Å². The fourth-order valence-corrected chi connectivity index (χ4v) is 7.66. The average Bonchev–Trinajstić information content (AvgIpc) is 3.29. The van der Waals surface area contributed by atoms with Crippen molar-refractivity contribution in [1.82, 2.24) is 15.0 Å². The fraction of sp³-hybridized carbons (Fsp3) is 0. The first-order valence-corrected chi connectivity index (χ1v) is 18.9. The molecule has 0 atom stereocenters. The zero-order valence-electron chi connectivity index (χ0n) is 30.5. The topological polar surface area (TPSA) is 38.7 Å². The van der Waals surface area contributed by atoms with Gasteiger partial charge in [0.25, 0.3) is 0 Å². The molecule has 0 saturated heterocycles. The first kappa shape index (κ1) is 33.1. The van der Waals surface area contributed by atoms with Crippen LogP contribution in [0.3, 0.4) is 0 Å². The van der Waals surface area contributed by atoms with E-state index in [0.717, 1.165) is 72.3 Å². The lowest BCUT2D eigenvalue weighted by molar-refractivity contribution is 1.18. The highest BCUT2D eigenvalue weighted by molar-refractivity contribution is 6.17. The van der Waals surface area contributed by atoms with Gasteiger partial charge in [0, 0.05) is 38.4 Å². The van der Waals surface area contributed by atoms with Crippen LogP contribution in [0.5, 0.6) is 0 Å². The Hall–Kier alpha value is -7.49. The van der Waals surface area contributed by atoms with Crippen LogP contribution in [0.4, 0.5) is 0 Å². The van der Waals surface area contributed by atoms with Gasteiger partial charge in [0.05, 0.1) is 22.6 Å². The Labute approximate surface area is 326 Å². The van der Waals surface area contributed by atoms with E-state index in [0.29, 0.717) is 5.82 Å². The van der Waals surface area contributed by atoms with Gasteiger partial charge in [-0.3, -0.25) is 0 Å². The number of pyridine rings is 1. The van der Waals surface area contributed by atoms with Crippen LogP contribution >= 0.6 is 0 Å². The van der Waals surface area contributed by atoms with Crippen LogP contribution in [0.15, 0.2) is 212 Å². The highest BCUT2D eigenvalue weighted by Gasteiger charge is 2.16. The molecule has 10 rings (SSSR count). The van der Waals surface area contributed by atoms with E-state index in [1.54, 1.807) is 0 Å². The summed E-state index contributed by atoms with van der Waals surface area (Å²) in [6.45, 7) is 0. The summed E-state index contributed by atoms with van der Waals surface area (Å²) in [7, 11) is 0. The number of hydrogen-bond acceptors (Lipinski definition) is 3. The van der Waals surface area contributed by atoms with Gasteiger partial charge in [-0.05, 0) is 51.6 Å². The lowest BCUT2D eigenvalue weighted by Crippen LogP contribution is -1.96. The van der Waals surface area contributed by atoms with Gasteiger partial charge < -0.3 is 0 Å². The molecular formula is C53H35N3.